The smallest absolute Gasteiger partial charge is 0.325 e. The number of urea groups is 1. The average molecular weight is 406 g/mol. The van der Waals surface area contributed by atoms with E-state index in [0.29, 0.717) is 30.6 Å². The van der Waals surface area contributed by atoms with Gasteiger partial charge in [0.15, 0.2) is 0 Å². The number of hydrogen-bond acceptors (Lipinski definition) is 4. The van der Waals surface area contributed by atoms with Crippen molar-refractivity contribution in [1.29, 1.82) is 0 Å². The first-order chi connectivity index (χ1) is 14.4. The maximum absolute atomic E-state index is 13.1. The molecule has 154 valence electrons. The highest BCUT2D eigenvalue weighted by Crippen LogP contribution is 2.41. The largest absolute Gasteiger partial charge is 0.326 e. The molecule has 1 saturated heterocycles. The van der Waals surface area contributed by atoms with Gasteiger partial charge in [0, 0.05) is 17.8 Å². The highest BCUT2D eigenvalue weighted by Gasteiger charge is 2.55. The van der Waals surface area contributed by atoms with Gasteiger partial charge in [-0.25, -0.2) is 4.79 Å². The zero-order chi connectivity index (χ0) is 21.3. The van der Waals surface area contributed by atoms with Gasteiger partial charge in [-0.3, -0.25) is 19.3 Å². The topological polar surface area (TPSA) is 108 Å². The van der Waals surface area contributed by atoms with E-state index in [-0.39, 0.29) is 12.5 Å². The van der Waals surface area contributed by atoms with E-state index in [9.17, 15) is 19.2 Å². The predicted molar refractivity (Wildman–Crippen MR) is 111 cm³/mol. The number of imide groups is 1. The number of aryl methyl sites for hydroxylation is 1. The van der Waals surface area contributed by atoms with E-state index < -0.39 is 23.4 Å². The van der Waals surface area contributed by atoms with Crippen LogP contribution in [0.3, 0.4) is 0 Å². The number of benzene rings is 2. The summed E-state index contributed by atoms with van der Waals surface area (Å²) in [6.07, 6.45) is 1.51. The number of rotatable bonds is 5. The number of amides is 5. The second kappa shape index (κ2) is 7.62. The first-order valence-electron chi connectivity index (χ1n) is 9.85. The highest BCUT2D eigenvalue weighted by atomic mass is 16.2. The number of carbonyl (C=O) groups is 4. The van der Waals surface area contributed by atoms with Crippen molar-refractivity contribution in [2.45, 2.75) is 31.7 Å². The van der Waals surface area contributed by atoms with Gasteiger partial charge >= 0.3 is 6.03 Å². The number of nitrogens with zero attached hydrogens (tertiary/aromatic N) is 1. The van der Waals surface area contributed by atoms with Gasteiger partial charge in [0.25, 0.3) is 5.91 Å². The van der Waals surface area contributed by atoms with Gasteiger partial charge in [-0.15, -0.1) is 0 Å². The molecule has 8 nitrogen and oxygen atoms in total. The molecule has 0 bridgehead atoms. The fraction of sp³-hybridized carbons (Fsp3) is 0.273. The van der Waals surface area contributed by atoms with Gasteiger partial charge in [0.1, 0.15) is 12.1 Å². The third-order valence-electron chi connectivity index (χ3n) is 5.48. The van der Waals surface area contributed by atoms with Gasteiger partial charge in [-0.2, -0.15) is 0 Å². The minimum atomic E-state index is -1.09. The van der Waals surface area contributed by atoms with Crippen LogP contribution in [0.1, 0.15) is 30.9 Å². The Morgan fingerprint density at radius 3 is 2.47 bits per heavy atom. The minimum absolute atomic E-state index is 0.139. The molecule has 0 saturated carbocycles. The molecule has 2 aliphatic rings. The molecule has 1 aliphatic carbocycles. The van der Waals surface area contributed by atoms with E-state index in [4.69, 9.17) is 0 Å². The van der Waals surface area contributed by atoms with Crippen molar-refractivity contribution in [3.05, 3.63) is 59.7 Å². The maximum atomic E-state index is 13.1. The van der Waals surface area contributed by atoms with E-state index in [0.717, 1.165) is 16.0 Å². The molecular weight excluding hydrogens is 384 g/mol. The Morgan fingerprint density at radius 2 is 1.73 bits per heavy atom. The Kier molecular flexibility index (Phi) is 4.99. The van der Waals surface area contributed by atoms with Crippen molar-refractivity contribution in [3.8, 4) is 0 Å². The molecule has 1 spiro atoms. The summed E-state index contributed by atoms with van der Waals surface area (Å²) < 4.78 is 0. The standard InChI is InChI=1S/C22H22N4O4/c1-2-18(27)23-15-7-5-8-16(12-15)24-19(28)13-26-20(29)22(25-21(26)30)11-10-14-6-3-4-9-17(14)22/h3-9,12H,2,10-11,13H2,1H3,(H,23,27)(H,24,28)(H,25,30). The first-order valence-corrected chi connectivity index (χ1v) is 9.85. The monoisotopic (exact) mass is 406 g/mol. The molecule has 4 rings (SSSR count). The van der Waals surface area contributed by atoms with E-state index >= 15 is 0 Å². The molecule has 30 heavy (non-hydrogen) atoms. The van der Waals surface area contributed by atoms with E-state index in [2.05, 4.69) is 16.0 Å². The number of fused-ring (bicyclic) bond motifs is 2. The summed E-state index contributed by atoms with van der Waals surface area (Å²) >= 11 is 0. The third kappa shape index (κ3) is 3.41. The Balaban J connectivity index is 1.46. The number of carbonyl (C=O) groups excluding carboxylic acids is 4. The van der Waals surface area contributed by atoms with Crippen LogP contribution in [0, 0.1) is 0 Å². The number of anilines is 2. The summed E-state index contributed by atoms with van der Waals surface area (Å²) in [5.41, 5.74) is 1.75. The molecule has 0 radical (unpaired) electrons. The Labute approximate surface area is 173 Å². The van der Waals surface area contributed by atoms with Crippen molar-refractivity contribution in [1.82, 2.24) is 10.2 Å². The van der Waals surface area contributed by atoms with Crippen molar-refractivity contribution in [3.63, 3.8) is 0 Å². The van der Waals surface area contributed by atoms with Gasteiger partial charge in [-0.05, 0) is 42.2 Å². The zero-order valence-electron chi connectivity index (χ0n) is 16.5. The summed E-state index contributed by atoms with van der Waals surface area (Å²) in [5.74, 6) is -1.04. The summed E-state index contributed by atoms with van der Waals surface area (Å²) in [6.45, 7) is 1.36. The van der Waals surface area contributed by atoms with Crippen LogP contribution in [-0.2, 0) is 26.3 Å². The van der Waals surface area contributed by atoms with Gasteiger partial charge in [-0.1, -0.05) is 37.3 Å². The van der Waals surface area contributed by atoms with Crippen molar-refractivity contribution in [2.24, 2.45) is 0 Å². The highest BCUT2D eigenvalue weighted by molar-refractivity contribution is 6.11. The van der Waals surface area contributed by atoms with Crippen LogP contribution in [0.25, 0.3) is 0 Å². The van der Waals surface area contributed by atoms with E-state index in [1.807, 2.05) is 24.3 Å². The SMILES string of the molecule is CCC(=O)Nc1cccc(NC(=O)CN2C(=O)NC3(CCc4ccccc43)C2=O)c1. The van der Waals surface area contributed by atoms with Crippen molar-refractivity contribution < 1.29 is 19.2 Å². The molecule has 1 atom stereocenters. The molecule has 2 aromatic carbocycles. The van der Waals surface area contributed by atoms with Gasteiger partial charge in [0.2, 0.25) is 11.8 Å². The second-order valence-electron chi connectivity index (χ2n) is 7.41. The minimum Gasteiger partial charge on any atom is -0.326 e. The van der Waals surface area contributed by atoms with E-state index in [1.54, 1.807) is 31.2 Å². The quantitative estimate of drug-likeness (QED) is 0.663. The summed E-state index contributed by atoms with van der Waals surface area (Å²) in [4.78, 5) is 50.7. The fourth-order valence-corrected chi connectivity index (χ4v) is 4.00. The summed E-state index contributed by atoms with van der Waals surface area (Å²) in [5, 5.41) is 8.19. The lowest BCUT2D eigenvalue weighted by Gasteiger charge is -2.22. The van der Waals surface area contributed by atoms with Crippen LogP contribution in [-0.4, -0.2) is 35.2 Å². The number of hydrogen-bond donors (Lipinski definition) is 3. The molecule has 8 heteroatoms. The van der Waals surface area contributed by atoms with E-state index in [1.165, 1.54) is 0 Å². The molecule has 1 aliphatic heterocycles. The maximum Gasteiger partial charge on any atom is 0.325 e. The summed E-state index contributed by atoms with van der Waals surface area (Å²) in [6, 6.07) is 13.7. The van der Waals surface area contributed by atoms with Gasteiger partial charge < -0.3 is 16.0 Å². The van der Waals surface area contributed by atoms with Crippen LogP contribution in [0.5, 0.6) is 0 Å². The van der Waals surface area contributed by atoms with Crippen LogP contribution < -0.4 is 16.0 Å². The Hall–Kier alpha value is -3.68. The molecule has 5 amide bonds. The molecule has 0 aromatic heterocycles. The third-order valence-corrected chi connectivity index (χ3v) is 5.48. The zero-order valence-corrected chi connectivity index (χ0v) is 16.5. The van der Waals surface area contributed by atoms with Crippen LogP contribution in [0.15, 0.2) is 48.5 Å². The summed E-state index contributed by atoms with van der Waals surface area (Å²) in [7, 11) is 0. The molecule has 2 aromatic rings. The molecule has 1 fully saturated rings. The second-order valence-corrected chi connectivity index (χ2v) is 7.41. The van der Waals surface area contributed by atoms with Crippen LogP contribution in [0.2, 0.25) is 0 Å². The number of nitrogens with one attached hydrogen (secondary N) is 3. The lowest BCUT2D eigenvalue weighted by Crippen LogP contribution is -2.43. The molecule has 1 unspecified atom stereocenters. The lowest BCUT2D eigenvalue weighted by molar-refractivity contribution is -0.134. The predicted octanol–water partition coefficient (Wildman–Crippen LogP) is 2.37. The Bertz CT molecular complexity index is 1050. The Morgan fingerprint density at radius 1 is 1.03 bits per heavy atom. The normalized spacial score (nSPS) is 19.6. The molecule has 1 heterocycles. The van der Waals surface area contributed by atoms with Crippen LogP contribution >= 0.6 is 0 Å². The average Bonchev–Trinajstić information content (AvgIpc) is 3.21. The molecule has 3 N–H and O–H groups in total. The lowest BCUT2D eigenvalue weighted by atomic mass is 9.92. The fourth-order valence-electron chi connectivity index (χ4n) is 4.00. The molecular formula is C22H22N4O4. The van der Waals surface area contributed by atoms with Crippen LogP contribution in [0.4, 0.5) is 16.2 Å². The van der Waals surface area contributed by atoms with Crippen molar-refractivity contribution >= 4 is 35.1 Å². The van der Waals surface area contributed by atoms with Crippen molar-refractivity contribution in [2.75, 3.05) is 17.2 Å². The van der Waals surface area contributed by atoms with Gasteiger partial charge in [0.05, 0.1) is 0 Å². The first kappa shape index (κ1) is 19.6.